The Morgan fingerprint density at radius 2 is 1.97 bits per heavy atom. The Morgan fingerprint density at radius 3 is 2.76 bits per heavy atom. The second-order valence-electron chi connectivity index (χ2n) is 8.24. The molecule has 0 aliphatic carbocycles. The van der Waals surface area contributed by atoms with Crippen LogP contribution in [0.4, 0.5) is 5.95 Å². The zero-order valence-electron chi connectivity index (χ0n) is 16.6. The zero-order chi connectivity index (χ0) is 19.8. The van der Waals surface area contributed by atoms with Crippen molar-refractivity contribution >= 4 is 11.9 Å². The molecule has 0 bridgehead atoms. The molecule has 154 valence electrons. The number of furan rings is 1. The number of likely N-dealkylation sites (tertiary alicyclic amines) is 2. The van der Waals surface area contributed by atoms with Crippen molar-refractivity contribution in [3.63, 3.8) is 0 Å². The third-order valence-electron chi connectivity index (χ3n) is 6.37. The van der Waals surface area contributed by atoms with E-state index in [4.69, 9.17) is 14.9 Å². The highest BCUT2D eigenvalue weighted by Crippen LogP contribution is 2.40. The molecule has 5 rings (SSSR count). The fourth-order valence-corrected chi connectivity index (χ4v) is 4.77. The standard InChI is InChI=1S/C21H27N5O3/c22-20-23-13-15-5-12-28-21(18(15)24-20)6-10-26(11-7-21)19(27)17-4-3-16(29-17)14-25-8-1-2-9-25/h3-4,13H,1-2,5-12,14H2,(H2,22,23,24). The van der Waals surface area contributed by atoms with Crippen LogP contribution in [-0.2, 0) is 23.3 Å². The molecule has 1 spiro atoms. The quantitative estimate of drug-likeness (QED) is 0.845. The molecule has 0 radical (unpaired) electrons. The largest absolute Gasteiger partial charge is 0.455 e. The lowest BCUT2D eigenvalue weighted by Gasteiger charge is -2.43. The Hall–Kier alpha value is -2.45. The van der Waals surface area contributed by atoms with Gasteiger partial charge in [-0.1, -0.05) is 0 Å². The van der Waals surface area contributed by atoms with Gasteiger partial charge in [-0.15, -0.1) is 0 Å². The molecular weight excluding hydrogens is 370 g/mol. The SMILES string of the molecule is Nc1ncc2c(n1)C1(CCN(C(=O)c3ccc(CN4CCCC4)o3)CC1)OCC2. The summed E-state index contributed by atoms with van der Waals surface area (Å²) in [7, 11) is 0. The highest BCUT2D eigenvalue weighted by atomic mass is 16.5. The molecule has 29 heavy (non-hydrogen) atoms. The number of nitrogen functional groups attached to an aromatic ring is 1. The van der Waals surface area contributed by atoms with E-state index in [2.05, 4.69) is 14.9 Å². The van der Waals surface area contributed by atoms with E-state index in [-0.39, 0.29) is 11.9 Å². The highest BCUT2D eigenvalue weighted by Gasteiger charge is 2.43. The number of ether oxygens (including phenoxy) is 1. The van der Waals surface area contributed by atoms with Crippen LogP contribution >= 0.6 is 0 Å². The summed E-state index contributed by atoms with van der Waals surface area (Å²) in [5.74, 6) is 1.51. The molecular formula is C21H27N5O3. The van der Waals surface area contributed by atoms with Gasteiger partial charge in [0.05, 0.1) is 18.8 Å². The fourth-order valence-electron chi connectivity index (χ4n) is 4.77. The van der Waals surface area contributed by atoms with Crippen LogP contribution in [0.5, 0.6) is 0 Å². The number of rotatable bonds is 3. The Bertz CT molecular complexity index is 897. The summed E-state index contributed by atoms with van der Waals surface area (Å²) in [6.45, 7) is 4.84. The molecule has 0 unspecified atom stereocenters. The number of hydrogen-bond acceptors (Lipinski definition) is 7. The monoisotopic (exact) mass is 397 g/mol. The van der Waals surface area contributed by atoms with Crippen molar-refractivity contribution in [2.75, 3.05) is 38.5 Å². The first-order valence-corrected chi connectivity index (χ1v) is 10.5. The molecule has 2 fully saturated rings. The topological polar surface area (TPSA) is 97.7 Å². The number of hydrogen-bond donors (Lipinski definition) is 1. The maximum atomic E-state index is 13.0. The molecule has 0 aromatic carbocycles. The van der Waals surface area contributed by atoms with Gasteiger partial charge in [-0.2, -0.15) is 0 Å². The first-order valence-electron chi connectivity index (χ1n) is 10.5. The smallest absolute Gasteiger partial charge is 0.289 e. The van der Waals surface area contributed by atoms with Crippen LogP contribution in [0.15, 0.2) is 22.7 Å². The van der Waals surface area contributed by atoms with E-state index in [1.807, 2.05) is 17.2 Å². The molecule has 8 nitrogen and oxygen atoms in total. The van der Waals surface area contributed by atoms with Gasteiger partial charge in [0.2, 0.25) is 5.95 Å². The van der Waals surface area contributed by atoms with E-state index in [0.717, 1.165) is 43.1 Å². The summed E-state index contributed by atoms with van der Waals surface area (Å²) in [4.78, 5) is 25.8. The van der Waals surface area contributed by atoms with Crippen molar-refractivity contribution in [1.29, 1.82) is 0 Å². The maximum absolute atomic E-state index is 13.0. The average Bonchev–Trinajstić information content (AvgIpc) is 3.42. The zero-order valence-corrected chi connectivity index (χ0v) is 16.6. The van der Waals surface area contributed by atoms with Crippen LogP contribution < -0.4 is 5.73 Å². The van der Waals surface area contributed by atoms with Crippen molar-refractivity contribution < 1.29 is 13.9 Å². The molecule has 2 aromatic heterocycles. The van der Waals surface area contributed by atoms with Crippen LogP contribution in [0.25, 0.3) is 0 Å². The van der Waals surface area contributed by atoms with Gasteiger partial charge in [-0.05, 0) is 62.9 Å². The highest BCUT2D eigenvalue weighted by molar-refractivity contribution is 5.91. The maximum Gasteiger partial charge on any atom is 0.289 e. The first kappa shape index (κ1) is 18.6. The Kier molecular flexibility index (Phi) is 4.75. The predicted molar refractivity (Wildman–Crippen MR) is 106 cm³/mol. The molecule has 3 aliphatic rings. The average molecular weight is 397 g/mol. The van der Waals surface area contributed by atoms with Crippen LogP contribution in [-0.4, -0.2) is 58.5 Å². The number of nitrogens with two attached hydrogens (primary N) is 1. The van der Waals surface area contributed by atoms with Crippen molar-refractivity contribution in [3.8, 4) is 0 Å². The van der Waals surface area contributed by atoms with Gasteiger partial charge in [-0.3, -0.25) is 9.69 Å². The Morgan fingerprint density at radius 1 is 1.17 bits per heavy atom. The van der Waals surface area contributed by atoms with Crippen LogP contribution in [0, 0.1) is 0 Å². The van der Waals surface area contributed by atoms with Crippen molar-refractivity contribution in [3.05, 3.63) is 41.1 Å². The molecule has 1 amide bonds. The van der Waals surface area contributed by atoms with E-state index in [0.29, 0.717) is 38.3 Å². The number of piperidine rings is 1. The third kappa shape index (κ3) is 3.51. The molecule has 0 atom stereocenters. The fraction of sp³-hybridized carbons (Fsp3) is 0.571. The van der Waals surface area contributed by atoms with Crippen LogP contribution in [0.2, 0.25) is 0 Å². The summed E-state index contributed by atoms with van der Waals surface area (Å²) in [6.07, 6.45) is 6.48. The lowest BCUT2D eigenvalue weighted by Crippen LogP contribution is -2.48. The van der Waals surface area contributed by atoms with E-state index >= 15 is 0 Å². The molecule has 5 heterocycles. The van der Waals surface area contributed by atoms with E-state index in [9.17, 15) is 4.79 Å². The van der Waals surface area contributed by atoms with Crippen molar-refractivity contribution in [2.24, 2.45) is 0 Å². The molecule has 2 saturated heterocycles. The van der Waals surface area contributed by atoms with Crippen molar-refractivity contribution in [2.45, 2.75) is 44.2 Å². The Balaban J connectivity index is 1.26. The van der Waals surface area contributed by atoms with Gasteiger partial charge in [0, 0.05) is 19.3 Å². The van der Waals surface area contributed by atoms with Crippen LogP contribution in [0.1, 0.15) is 53.3 Å². The summed E-state index contributed by atoms with van der Waals surface area (Å²) < 4.78 is 12.1. The minimum atomic E-state index is -0.467. The molecule has 2 aromatic rings. The number of anilines is 1. The lowest BCUT2D eigenvalue weighted by molar-refractivity contribution is -0.0968. The Labute approximate surface area is 170 Å². The summed E-state index contributed by atoms with van der Waals surface area (Å²) in [5, 5.41) is 0. The molecule has 0 saturated carbocycles. The first-order chi connectivity index (χ1) is 14.1. The lowest BCUT2D eigenvalue weighted by atomic mass is 9.83. The van der Waals surface area contributed by atoms with Crippen LogP contribution in [0.3, 0.4) is 0 Å². The van der Waals surface area contributed by atoms with Crippen molar-refractivity contribution in [1.82, 2.24) is 19.8 Å². The number of nitrogens with zero attached hydrogens (tertiary/aromatic N) is 4. The van der Waals surface area contributed by atoms with Gasteiger partial charge in [-0.25, -0.2) is 9.97 Å². The molecule has 2 N–H and O–H groups in total. The number of amides is 1. The normalized spacial score (nSPS) is 21.4. The van der Waals surface area contributed by atoms with Gasteiger partial charge in [0.25, 0.3) is 5.91 Å². The van der Waals surface area contributed by atoms with Gasteiger partial charge < -0.3 is 19.8 Å². The van der Waals surface area contributed by atoms with E-state index < -0.39 is 5.60 Å². The second kappa shape index (κ2) is 7.42. The minimum Gasteiger partial charge on any atom is -0.455 e. The summed E-state index contributed by atoms with van der Waals surface area (Å²) in [5.41, 5.74) is 7.36. The van der Waals surface area contributed by atoms with E-state index in [1.54, 1.807) is 6.07 Å². The number of aromatic nitrogens is 2. The summed E-state index contributed by atoms with van der Waals surface area (Å²) >= 11 is 0. The molecule has 3 aliphatic heterocycles. The predicted octanol–water partition coefficient (Wildman–Crippen LogP) is 1.95. The number of carbonyl (C=O) groups is 1. The van der Waals surface area contributed by atoms with Gasteiger partial charge in [0.15, 0.2) is 5.76 Å². The molecule has 8 heteroatoms. The van der Waals surface area contributed by atoms with Gasteiger partial charge >= 0.3 is 0 Å². The number of carbonyl (C=O) groups excluding carboxylic acids is 1. The number of fused-ring (bicyclic) bond motifs is 2. The van der Waals surface area contributed by atoms with E-state index in [1.165, 1.54) is 12.8 Å². The summed E-state index contributed by atoms with van der Waals surface area (Å²) in [6, 6.07) is 3.73. The second-order valence-corrected chi connectivity index (χ2v) is 8.24. The third-order valence-corrected chi connectivity index (χ3v) is 6.37. The minimum absolute atomic E-state index is 0.0502. The van der Waals surface area contributed by atoms with Gasteiger partial charge in [0.1, 0.15) is 11.4 Å².